The number of nitriles is 1. The highest BCUT2D eigenvalue weighted by molar-refractivity contribution is 6.06. The molecule has 4 rings (SSSR count). The molecule has 0 aliphatic carbocycles. The van der Waals surface area contributed by atoms with E-state index in [0.29, 0.717) is 37.4 Å². The fourth-order valence-electron chi connectivity index (χ4n) is 3.61. The zero-order chi connectivity index (χ0) is 20.9. The molecule has 8 nitrogen and oxygen atoms in total. The number of benzene rings is 1. The standard InChI is InChI=1S/C22H24N6O2/c1-2-28-21-18(14-26-28)20(27-17-7-9-30-10-8-17)19(13-24-21)22(29)25-12-16-5-3-15(11-23)4-6-16/h3-6,13-14,17H,2,7-10,12H2,1H3,(H,24,27)(H,25,29). The maximum atomic E-state index is 13.0. The first-order valence-corrected chi connectivity index (χ1v) is 10.2. The van der Waals surface area contributed by atoms with Crippen LogP contribution in [-0.2, 0) is 17.8 Å². The summed E-state index contributed by atoms with van der Waals surface area (Å²) in [6.45, 7) is 4.50. The van der Waals surface area contributed by atoms with Crippen molar-refractivity contribution in [2.24, 2.45) is 0 Å². The number of carbonyl (C=O) groups excluding carboxylic acids is 1. The molecule has 0 saturated carbocycles. The van der Waals surface area contributed by atoms with Crippen LogP contribution in [0.2, 0.25) is 0 Å². The zero-order valence-corrected chi connectivity index (χ0v) is 16.9. The van der Waals surface area contributed by atoms with Crippen LogP contribution in [0.3, 0.4) is 0 Å². The fourth-order valence-corrected chi connectivity index (χ4v) is 3.61. The Morgan fingerprint density at radius 1 is 1.27 bits per heavy atom. The van der Waals surface area contributed by atoms with Gasteiger partial charge in [-0.1, -0.05) is 12.1 Å². The van der Waals surface area contributed by atoms with Gasteiger partial charge in [-0.05, 0) is 37.5 Å². The van der Waals surface area contributed by atoms with E-state index in [9.17, 15) is 4.79 Å². The normalized spacial score (nSPS) is 14.4. The van der Waals surface area contributed by atoms with E-state index in [0.717, 1.165) is 35.1 Å². The molecule has 0 radical (unpaired) electrons. The minimum atomic E-state index is -0.201. The highest BCUT2D eigenvalue weighted by atomic mass is 16.5. The lowest BCUT2D eigenvalue weighted by Gasteiger charge is -2.25. The zero-order valence-electron chi connectivity index (χ0n) is 16.9. The van der Waals surface area contributed by atoms with Crippen molar-refractivity contribution in [1.29, 1.82) is 5.26 Å². The lowest BCUT2D eigenvalue weighted by Crippen LogP contribution is -2.30. The molecule has 0 bridgehead atoms. The summed E-state index contributed by atoms with van der Waals surface area (Å²) in [5, 5.41) is 20.7. The third-order valence-corrected chi connectivity index (χ3v) is 5.32. The van der Waals surface area contributed by atoms with Gasteiger partial charge in [-0.15, -0.1) is 0 Å². The predicted molar refractivity (Wildman–Crippen MR) is 113 cm³/mol. The van der Waals surface area contributed by atoms with Crippen molar-refractivity contribution >= 4 is 22.6 Å². The molecule has 3 aromatic rings. The highest BCUT2D eigenvalue weighted by Gasteiger charge is 2.22. The molecule has 0 spiro atoms. The molecule has 3 heterocycles. The molecule has 8 heteroatoms. The summed E-state index contributed by atoms with van der Waals surface area (Å²) in [6, 6.07) is 9.49. The SMILES string of the molecule is CCn1ncc2c(NC3CCOCC3)c(C(=O)NCc3ccc(C#N)cc3)cnc21. The van der Waals surface area contributed by atoms with E-state index in [1.807, 2.05) is 23.7 Å². The van der Waals surface area contributed by atoms with Crippen molar-refractivity contribution in [2.75, 3.05) is 18.5 Å². The van der Waals surface area contributed by atoms with E-state index in [1.165, 1.54) is 0 Å². The molecular weight excluding hydrogens is 380 g/mol. The van der Waals surface area contributed by atoms with E-state index in [4.69, 9.17) is 10.00 Å². The van der Waals surface area contributed by atoms with Crippen molar-refractivity contribution < 1.29 is 9.53 Å². The van der Waals surface area contributed by atoms with Crippen molar-refractivity contribution in [1.82, 2.24) is 20.1 Å². The Balaban J connectivity index is 1.60. The van der Waals surface area contributed by atoms with Crippen LogP contribution in [0.1, 0.15) is 41.3 Å². The number of hydrogen-bond donors (Lipinski definition) is 2. The monoisotopic (exact) mass is 404 g/mol. The van der Waals surface area contributed by atoms with Gasteiger partial charge in [0.25, 0.3) is 5.91 Å². The van der Waals surface area contributed by atoms with E-state index in [1.54, 1.807) is 24.5 Å². The van der Waals surface area contributed by atoms with Crippen molar-refractivity contribution in [2.45, 2.75) is 38.9 Å². The van der Waals surface area contributed by atoms with Crippen molar-refractivity contribution in [3.05, 3.63) is 53.3 Å². The van der Waals surface area contributed by atoms with E-state index in [-0.39, 0.29) is 11.9 Å². The van der Waals surface area contributed by atoms with Crippen LogP contribution in [0.4, 0.5) is 5.69 Å². The Bertz CT molecular complexity index is 1080. The van der Waals surface area contributed by atoms with Crippen LogP contribution >= 0.6 is 0 Å². The second-order valence-corrected chi connectivity index (χ2v) is 7.27. The van der Waals surface area contributed by atoms with Crippen molar-refractivity contribution in [3.63, 3.8) is 0 Å². The molecule has 30 heavy (non-hydrogen) atoms. The summed E-state index contributed by atoms with van der Waals surface area (Å²) >= 11 is 0. The van der Waals surface area contributed by atoms with Gasteiger partial charge < -0.3 is 15.4 Å². The highest BCUT2D eigenvalue weighted by Crippen LogP contribution is 2.28. The molecular formula is C22H24N6O2. The number of amides is 1. The summed E-state index contributed by atoms with van der Waals surface area (Å²) < 4.78 is 7.28. The number of nitrogens with one attached hydrogen (secondary N) is 2. The Morgan fingerprint density at radius 3 is 2.73 bits per heavy atom. The number of fused-ring (bicyclic) bond motifs is 1. The molecule has 154 valence electrons. The number of aryl methyl sites for hydroxylation is 1. The quantitative estimate of drug-likeness (QED) is 0.655. The molecule has 1 amide bonds. The number of ether oxygens (including phenoxy) is 1. The van der Waals surface area contributed by atoms with Crippen LogP contribution in [0.25, 0.3) is 11.0 Å². The largest absolute Gasteiger partial charge is 0.381 e. The summed E-state index contributed by atoms with van der Waals surface area (Å²) in [4.78, 5) is 17.5. The number of aromatic nitrogens is 3. The minimum Gasteiger partial charge on any atom is -0.381 e. The second-order valence-electron chi connectivity index (χ2n) is 7.27. The van der Waals surface area contributed by atoms with Gasteiger partial charge in [0.05, 0.1) is 34.5 Å². The van der Waals surface area contributed by atoms with Crippen LogP contribution in [0.5, 0.6) is 0 Å². The van der Waals surface area contributed by atoms with Gasteiger partial charge in [0, 0.05) is 38.5 Å². The molecule has 1 aliphatic rings. The number of carbonyl (C=O) groups is 1. The number of pyridine rings is 1. The average Bonchev–Trinajstić information content (AvgIpc) is 3.22. The first-order chi connectivity index (χ1) is 14.7. The molecule has 1 aliphatic heterocycles. The van der Waals surface area contributed by atoms with E-state index >= 15 is 0 Å². The fraction of sp³-hybridized carbons (Fsp3) is 0.364. The first kappa shape index (κ1) is 19.9. The van der Waals surface area contributed by atoms with Gasteiger partial charge >= 0.3 is 0 Å². The molecule has 2 aromatic heterocycles. The van der Waals surface area contributed by atoms with Crippen molar-refractivity contribution in [3.8, 4) is 6.07 Å². The molecule has 2 N–H and O–H groups in total. The predicted octanol–water partition coefficient (Wildman–Crippen LogP) is 2.84. The van der Waals surface area contributed by atoms with Gasteiger partial charge in [-0.3, -0.25) is 4.79 Å². The summed E-state index contributed by atoms with van der Waals surface area (Å²) in [5.74, 6) is -0.201. The molecule has 0 atom stereocenters. The Hall–Kier alpha value is -3.44. The maximum Gasteiger partial charge on any atom is 0.255 e. The van der Waals surface area contributed by atoms with Gasteiger partial charge in [-0.25, -0.2) is 9.67 Å². The Labute approximate surface area is 174 Å². The third kappa shape index (κ3) is 4.11. The Kier molecular flexibility index (Phi) is 5.91. The first-order valence-electron chi connectivity index (χ1n) is 10.2. The molecule has 1 aromatic carbocycles. The number of rotatable bonds is 6. The number of hydrogen-bond acceptors (Lipinski definition) is 6. The molecule has 1 fully saturated rings. The number of anilines is 1. The maximum absolute atomic E-state index is 13.0. The summed E-state index contributed by atoms with van der Waals surface area (Å²) in [7, 11) is 0. The second kappa shape index (κ2) is 8.93. The minimum absolute atomic E-state index is 0.201. The molecule has 1 saturated heterocycles. The summed E-state index contributed by atoms with van der Waals surface area (Å²) in [6.07, 6.45) is 5.16. The molecule has 0 unspecified atom stereocenters. The smallest absolute Gasteiger partial charge is 0.255 e. The van der Waals surface area contributed by atoms with Gasteiger partial charge in [0.15, 0.2) is 5.65 Å². The van der Waals surface area contributed by atoms with E-state index in [2.05, 4.69) is 26.8 Å². The van der Waals surface area contributed by atoms with Crippen LogP contribution in [0, 0.1) is 11.3 Å². The van der Waals surface area contributed by atoms with Gasteiger partial charge in [-0.2, -0.15) is 10.4 Å². The Morgan fingerprint density at radius 2 is 2.03 bits per heavy atom. The lowest BCUT2D eigenvalue weighted by atomic mass is 10.1. The van der Waals surface area contributed by atoms with Crippen LogP contribution in [0.15, 0.2) is 36.7 Å². The number of nitrogens with zero attached hydrogens (tertiary/aromatic N) is 4. The van der Waals surface area contributed by atoms with Gasteiger partial charge in [0.1, 0.15) is 0 Å². The third-order valence-electron chi connectivity index (χ3n) is 5.32. The summed E-state index contributed by atoms with van der Waals surface area (Å²) in [5.41, 5.74) is 3.54. The topological polar surface area (TPSA) is 105 Å². The van der Waals surface area contributed by atoms with Crippen LogP contribution < -0.4 is 10.6 Å². The lowest BCUT2D eigenvalue weighted by molar-refractivity contribution is 0.0904. The van der Waals surface area contributed by atoms with E-state index < -0.39 is 0 Å². The average molecular weight is 404 g/mol. The van der Waals surface area contributed by atoms with Crippen LogP contribution in [-0.4, -0.2) is 39.9 Å². The van der Waals surface area contributed by atoms with Gasteiger partial charge in [0.2, 0.25) is 0 Å².